The summed E-state index contributed by atoms with van der Waals surface area (Å²) in [6.45, 7) is 0. The van der Waals surface area contributed by atoms with E-state index >= 15 is 0 Å². The van der Waals surface area contributed by atoms with Gasteiger partial charge in [0.25, 0.3) is 0 Å². The van der Waals surface area contributed by atoms with Gasteiger partial charge in [-0.1, -0.05) is 224 Å². The third-order valence-corrected chi connectivity index (χ3v) is 20.2. The molecule has 100 heavy (non-hydrogen) atoms. The van der Waals surface area contributed by atoms with E-state index in [4.69, 9.17) is 15.0 Å². The van der Waals surface area contributed by atoms with Crippen LogP contribution in [0.5, 0.6) is 0 Å². The fraction of sp³-hybridized carbons (Fsp3) is 0. The standard InChI is InChI=1S/C93H59N7/c1-4-22-60(23-5-1)61-24-18-25-62(52-61)63-26-19-27-68(53-63)91-94-92(69-28-20-34-73(54-69)99-85-42-16-12-38-77(85)81-58-66(46-50-89(81)99)64-44-48-87-79(56-64)75-36-10-14-40-83(75)97(87)71-30-6-2-7-31-71)96-93(95-91)70-29-21-35-74(55-70)100-86-43-17-13-39-78(86)82-59-67(47-51-90(82)100)65-45-49-88-80(57-65)76-37-11-15-41-84(76)98(88)72-32-8-3-9-33-72/h1-59H. The van der Waals surface area contributed by atoms with Gasteiger partial charge in [-0.15, -0.1) is 0 Å². The summed E-state index contributed by atoms with van der Waals surface area (Å²) in [6.07, 6.45) is 0. The largest absolute Gasteiger partial charge is 0.309 e. The van der Waals surface area contributed by atoms with Crippen molar-refractivity contribution in [1.29, 1.82) is 0 Å². The van der Waals surface area contributed by atoms with E-state index in [1.807, 2.05) is 0 Å². The maximum absolute atomic E-state index is 5.48. The normalized spacial score (nSPS) is 11.8. The van der Waals surface area contributed by atoms with Crippen LogP contribution in [0.4, 0.5) is 0 Å². The lowest BCUT2D eigenvalue weighted by atomic mass is 9.98. The number of aromatic nitrogens is 7. The molecule has 0 saturated carbocycles. The van der Waals surface area contributed by atoms with Gasteiger partial charge in [-0.3, -0.25) is 0 Å². The predicted octanol–water partition coefficient (Wildman–Crippen LogP) is 23.9. The van der Waals surface area contributed by atoms with Crippen LogP contribution in [-0.2, 0) is 0 Å². The van der Waals surface area contributed by atoms with E-state index in [9.17, 15) is 0 Å². The molecule has 0 fully saturated rings. The summed E-state index contributed by atoms with van der Waals surface area (Å²) in [4.78, 5) is 16.4. The quantitative estimate of drug-likeness (QED) is 0.130. The second-order valence-corrected chi connectivity index (χ2v) is 25.9. The minimum atomic E-state index is 0.572. The smallest absolute Gasteiger partial charge is 0.164 e. The molecule has 20 rings (SSSR count). The Labute approximate surface area is 576 Å². The van der Waals surface area contributed by atoms with Crippen LogP contribution in [0.2, 0.25) is 0 Å². The molecule has 0 unspecified atom stereocenters. The molecule has 0 spiro atoms. The average Bonchev–Trinajstić information content (AvgIpc) is 1.60. The fourth-order valence-electron chi connectivity index (χ4n) is 15.6. The van der Waals surface area contributed by atoms with E-state index in [1.54, 1.807) is 0 Å². The zero-order chi connectivity index (χ0) is 65.8. The first-order valence-corrected chi connectivity index (χ1v) is 34.1. The van der Waals surface area contributed by atoms with Gasteiger partial charge in [-0.2, -0.15) is 0 Å². The monoisotopic (exact) mass is 1270 g/mol. The van der Waals surface area contributed by atoms with Gasteiger partial charge in [0.2, 0.25) is 0 Å². The van der Waals surface area contributed by atoms with Gasteiger partial charge in [-0.25, -0.2) is 15.0 Å². The van der Waals surface area contributed by atoms with Crippen molar-refractivity contribution in [2.45, 2.75) is 0 Å². The SMILES string of the molecule is c1ccc(-c2cccc(-c3cccc(-c4nc(-c5cccc(-n6c7ccccc7c7cc(-c8ccc9c(c8)c8ccccc8n9-c8ccccc8)ccc76)c5)nc(-c5cccc(-n6c7ccccc7c7cc(-c8ccc9c(c8)c8ccccc8n9-c8ccccc8)ccc76)c5)n4)c3)c2)cc1. The van der Waals surface area contributed by atoms with Crippen LogP contribution in [0, 0.1) is 0 Å². The highest BCUT2D eigenvalue weighted by Crippen LogP contribution is 2.43. The topological polar surface area (TPSA) is 58.4 Å². The van der Waals surface area contributed by atoms with Crippen molar-refractivity contribution in [1.82, 2.24) is 33.2 Å². The van der Waals surface area contributed by atoms with Gasteiger partial charge in [0.05, 0.1) is 44.1 Å². The molecule has 7 nitrogen and oxygen atoms in total. The molecule has 0 amide bonds. The van der Waals surface area contributed by atoms with Gasteiger partial charge in [-0.05, 0) is 178 Å². The summed E-state index contributed by atoms with van der Waals surface area (Å²) < 4.78 is 9.51. The molecule has 0 bridgehead atoms. The van der Waals surface area contributed by atoms with Crippen LogP contribution in [0.15, 0.2) is 358 Å². The number of hydrogen-bond donors (Lipinski definition) is 0. The van der Waals surface area contributed by atoms with Gasteiger partial charge in [0.15, 0.2) is 17.5 Å². The summed E-state index contributed by atoms with van der Waals surface area (Å²) >= 11 is 0. The van der Waals surface area contributed by atoms with Crippen molar-refractivity contribution in [2.75, 3.05) is 0 Å². The van der Waals surface area contributed by atoms with Crippen molar-refractivity contribution in [3.63, 3.8) is 0 Å². The van der Waals surface area contributed by atoms with Crippen molar-refractivity contribution in [3.05, 3.63) is 358 Å². The lowest BCUT2D eigenvalue weighted by molar-refractivity contribution is 1.07. The molecule has 0 aliphatic heterocycles. The first-order valence-electron chi connectivity index (χ1n) is 34.1. The highest BCUT2D eigenvalue weighted by molar-refractivity contribution is 6.15. The van der Waals surface area contributed by atoms with Crippen LogP contribution in [0.25, 0.3) is 189 Å². The Hall–Kier alpha value is -13.5. The third kappa shape index (κ3) is 9.39. The third-order valence-electron chi connectivity index (χ3n) is 20.2. The molecule has 0 aliphatic rings. The number of benzene rings is 15. The van der Waals surface area contributed by atoms with Gasteiger partial charge in [0.1, 0.15) is 0 Å². The highest BCUT2D eigenvalue weighted by atomic mass is 15.0. The molecule has 7 heteroatoms. The Morgan fingerprint density at radius 1 is 0.140 bits per heavy atom. The van der Waals surface area contributed by atoms with E-state index in [2.05, 4.69) is 376 Å². The van der Waals surface area contributed by atoms with Gasteiger partial charge < -0.3 is 18.3 Å². The molecule has 0 aliphatic carbocycles. The maximum atomic E-state index is 5.48. The zero-order valence-electron chi connectivity index (χ0n) is 54.2. The summed E-state index contributed by atoms with van der Waals surface area (Å²) in [5.41, 5.74) is 25.3. The molecule has 0 atom stereocenters. The summed E-state index contributed by atoms with van der Waals surface area (Å²) in [6, 6.07) is 129. The number of nitrogens with zero attached hydrogens (tertiary/aromatic N) is 7. The lowest BCUT2D eigenvalue weighted by Gasteiger charge is -2.13. The minimum absolute atomic E-state index is 0.572. The summed E-state index contributed by atoms with van der Waals surface area (Å²) in [5, 5.41) is 9.61. The van der Waals surface area contributed by atoms with Gasteiger partial charge >= 0.3 is 0 Å². The van der Waals surface area contributed by atoms with Crippen LogP contribution in [-0.4, -0.2) is 33.2 Å². The average molecular weight is 1270 g/mol. The predicted molar refractivity (Wildman–Crippen MR) is 415 cm³/mol. The summed E-state index contributed by atoms with van der Waals surface area (Å²) in [7, 11) is 0. The molecular formula is C93H59N7. The molecule has 0 saturated heterocycles. The van der Waals surface area contributed by atoms with Crippen LogP contribution < -0.4 is 0 Å². The van der Waals surface area contributed by atoms with Crippen LogP contribution in [0.3, 0.4) is 0 Å². The van der Waals surface area contributed by atoms with E-state index < -0.39 is 0 Å². The Balaban J connectivity index is 0.705. The van der Waals surface area contributed by atoms with E-state index in [0.29, 0.717) is 17.5 Å². The van der Waals surface area contributed by atoms with Crippen molar-refractivity contribution >= 4 is 87.2 Å². The van der Waals surface area contributed by atoms with Gasteiger partial charge in [0, 0.05) is 82.5 Å². The molecule has 20 aromatic rings. The van der Waals surface area contributed by atoms with E-state index in [0.717, 1.165) is 89.3 Å². The van der Waals surface area contributed by atoms with Crippen LogP contribution >= 0.6 is 0 Å². The molecule has 0 N–H and O–H groups in total. The Kier molecular flexibility index (Phi) is 13.1. The first kappa shape index (κ1) is 56.8. The maximum Gasteiger partial charge on any atom is 0.164 e. The number of para-hydroxylation sites is 6. The van der Waals surface area contributed by atoms with Crippen molar-refractivity contribution < 1.29 is 0 Å². The van der Waals surface area contributed by atoms with E-state index in [-0.39, 0.29) is 0 Å². The Morgan fingerprint density at radius 3 is 0.730 bits per heavy atom. The van der Waals surface area contributed by atoms with Crippen molar-refractivity contribution in [3.8, 4) is 101 Å². The second-order valence-electron chi connectivity index (χ2n) is 25.9. The highest BCUT2D eigenvalue weighted by Gasteiger charge is 2.22. The van der Waals surface area contributed by atoms with Crippen molar-refractivity contribution in [2.24, 2.45) is 0 Å². The summed E-state index contributed by atoms with van der Waals surface area (Å²) in [5.74, 6) is 1.72. The zero-order valence-corrected chi connectivity index (χ0v) is 54.2. The number of fused-ring (bicyclic) bond motifs is 12. The second kappa shape index (κ2) is 23.1. The Bertz CT molecular complexity index is 6310. The minimum Gasteiger partial charge on any atom is -0.309 e. The molecule has 5 aromatic heterocycles. The van der Waals surface area contributed by atoms with E-state index in [1.165, 1.54) is 81.8 Å². The van der Waals surface area contributed by atoms with Crippen LogP contribution in [0.1, 0.15) is 0 Å². The molecule has 15 aromatic carbocycles. The number of rotatable bonds is 11. The molecular weight excluding hydrogens is 1220 g/mol. The fourth-order valence-corrected chi connectivity index (χ4v) is 15.6. The lowest BCUT2D eigenvalue weighted by Crippen LogP contribution is -2.02. The first-order chi connectivity index (χ1) is 49.6. The molecule has 466 valence electrons. The molecule has 5 heterocycles. The molecule has 0 radical (unpaired) electrons. The Morgan fingerprint density at radius 2 is 0.370 bits per heavy atom. The number of hydrogen-bond acceptors (Lipinski definition) is 3.